The molecule has 0 aliphatic rings. The highest BCUT2D eigenvalue weighted by Gasteiger charge is 2.24. The molecule has 0 atom stereocenters. The van der Waals surface area contributed by atoms with Crippen LogP contribution in [0.2, 0.25) is 0 Å². The Morgan fingerprint density at radius 3 is 2.29 bits per heavy atom. The maximum atomic E-state index is 5.47. The third-order valence-corrected chi connectivity index (χ3v) is 3.62. The van der Waals surface area contributed by atoms with Gasteiger partial charge in [-0.1, -0.05) is 20.3 Å². The maximum Gasteiger partial charge on any atom is 0.145 e. The fourth-order valence-corrected chi connectivity index (χ4v) is 2.60. The molecule has 3 heteroatoms. The van der Waals surface area contributed by atoms with Gasteiger partial charge in [-0.3, -0.25) is 0 Å². The normalized spacial score (nSPS) is 12.2. The van der Waals surface area contributed by atoms with E-state index in [1.807, 2.05) is 7.05 Å². The van der Waals surface area contributed by atoms with Crippen molar-refractivity contribution in [3.05, 3.63) is 0 Å². The Kier molecular flexibility index (Phi) is 8.53. The molecule has 0 aromatic heterocycles. The van der Waals surface area contributed by atoms with Gasteiger partial charge in [0.05, 0.1) is 0 Å². The average Bonchev–Trinajstić information content (AvgIpc) is 2.23. The highest BCUT2D eigenvalue weighted by atomic mass is 28.2. The number of rotatable bonds is 9. The second-order valence-electron chi connectivity index (χ2n) is 4.20. The quantitative estimate of drug-likeness (QED) is 0.467. The molecule has 0 fully saturated rings. The highest BCUT2D eigenvalue weighted by molar-refractivity contribution is 5.97. The maximum absolute atomic E-state index is 5.47. The van der Waals surface area contributed by atoms with Gasteiger partial charge >= 0.3 is 0 Å². The third-order valence-electron chi connectivity index (χ3n) is 3.33. The van der Waals surface area contributed by atoms with E-state index in [4.69, 9.17) is 4.43 Å². The standard InChI is InChI=1S/C11H27NOSi/c1-4-11(5-2,10-13-14)8-6-7-9-12-3/h12H,4-10H2,1-3,14H3. The van der Waals surface area contributed by atoms with E-state index in [1.165, 1.54) is 32.1 Å². The Balaban J connectivity index is 3.82. The van der Waals surface area contributed by atoms with E-state index in [1.54, 1.807) is 0 Å². The summed E-state index contributed by atoms with van der Waals surface area (Å²) in [5, 5.41) is 3.20. The van der Waals surface area contributed by atoms with Crippen molar-refractivity contribution in [2.45, 2.75) is 46.0 Å². The minimum Gasteiger partial charge on any atom is -0.427 e. The Bertz CT molecular complexity index is 126. The van der Waals surface area contributed by atoms with Gasteiger partial charge in [0.1, 0.15) is 10.5 Å². The summed E-state index contributed by atoms with van der Waals surface area (Å²) in [5.74, 6) is 0. The van der Waals surface area contributed by atoms with Gasteiger partial charge in [-0.05, 0) is 44.7 Å². The lowest BCUT2D eigenvalue weighted by atomic mass is 9.79. The van der Waals surface area contributed by atoms with Gasteiger partial charge in [-0.25, -0.2) is 0 Å². The number of unbranched alkanes of at least 4 members (excludes halogenated alkanes) is 1. The predicted octanol–water partition coefficient (Wildman–Crippen LogP) is 1.48. The van der Waals surface area contributed by atoms with Crippen LogP contribution in [0.5, 0.6) is 0 Å². The molecule has 0 rings (SSSR count). The number of hydrogen-bond donors (Lipinski definition) is 1. The van der Waals surface area contributed by atoms with E-state index in [0.717, 1.165) is 23.6 Å². The second kappa shape index (κ2) is 8.45. The molecule has 0 saturated heterocycles. The van der Waals surface area contributed by atoms with Gasteiger partial charge in [-0.2, -0.15) is 0 Å². The van der Waals surface area contributed by atoms with Crippen LogP contribution >= 0.6 is 0 Å². The zero-order chi connectivity index (χ0) is 10.9. The molecule has 0 amide bonds. The first-order valence-electron chi connectivity index (χ1n) is 5.88. The molecule has 0 spiro atoms. The van der Waals surface area contributed by atoms with Crippen molar-refractivity contribution in [1.29, 1.82) is 0 Å². The summed E-state index contributed by atoms with van der Waals surface area (Å²) in [6.45, 7) is 6.71. The van der Waals surface area contributed by atoms with Crippen molar-refractivity contribution in [1.82, 2.24) is 5.32 Å². The van der Waals surface area contributed by atoms with Gasteiger partial charge in [0.15, 0.2) is 0 Å². The van der Waals surface area contributed by atoms with Crippen LogP contribution in [0, 0.1) is 5.41 Å². The van der Waals surface area contributed by atoms with Crippen molar-refractivity contribution in [3.63, 3.8) is 0 Å². The Hall–Kier alpha value is 0.137. The summed E-state index contributed by atoms with van der Waals surface area (Å²) in [6.07, 6.45) is 6.45. The van der Waals surface area contributed by atoms with E-state index in [-0.39, 0.29) is 0 Å². The van der Waals surface area contributed by atoms with Gasteiger partial charge in [0, 0.05) is 6.61 Å². The molecule has 86 valence electrons. The lowest BCUT2D eigenvalue weighted by molar-refractivity contribution is 0.126. The molecular formula is C11H27NOSi. The molecule has 0 aliphatic heterocycles. The Morgan fingerprint density at radius 2 is 1.86 bits per heavy atom. The summed E-state index contributed by atoms with van der Waals surface area (Å²) in [4.78, 5) is 0. The first-order valence-corrected chi connectivity index (χ1v) is 6.70. The molecule has 0 bridgehead atoms. The fraction of sp³-hybridized carbons (Fsp3) is 1.00. The van der Waals surface area contributed by atoms with Crippen molar-refractivity contribution < 1.29 is 4.43 Å². The van der Waals surface area contributed by atoms with Crippen LogP contribution in [-0.4, -0.2) is 30.7 Å². The summed E-state index contributed by atoms with van der Waals surface area (Å²) >= 11 is 0. The van der Waals surface area contributed by atoms with Crippen LogP contribution in [0.3, 0.4) is 0 Å². The first kappa shape index (κ1) is 14.1. The van der Waals surface area contributed by atoms with E-state index in [0.29, 0.717) is 5.41 Å². The summed E-state index contributed by atoms with van der Waals surface area (Å²) in [6, 6.07) is 0. The third kappa shape index (κ3) is 5.13. The Morgan fingerprint density at radius 1 is 1.21 bits per heavy atom. The van der Waals surface area contributed by atoms with Crippen LogP contribution in [0.1, 0.15) is 46.0 Å². The van der Waals surface area contributed by atoms with E-state index in [2.05, 4.69) is 19.2 Å². The lowest BCUT2D eigenvalue weighted by Gasteiger charge is -2.31. The SMILES string of the molecule is CCC(CC)(CCCCNC)CO[SiH3]. The second-order valence-corrected chi connectivity index (χ2v) is 4.78. The van der Waals surface area contributed by atoms with Gasteiger partial charge < -0.3 is 9.74 Å². The zero-order valence-corrected chi connectivity index (χ0v) is 12.4. The number of nitrogens with one attached hydrogen (secondary N) is 1. The fourth-order valence-electron chi connectivity index (χ4n) is 1.99. The van der Waals surface area contributed by atoms with E-state index >= 15 is 0 Å². The summed E-state index contributed by atoms with van der Waals surface area (Å²) in [5.41, 5.74) is 0.468. The van der Waals surface area contributed by atoms with Gasteiger partial charge in [0.25, 0.3) is 0 Å². The largest absolute Gasteiger partial charge is 0.427 e. The lowest BCUT2D eigenvalue weighted by Crippen LogP contribution is -2.25. The van der Waals surface area contributed by atoms with E-state index < -0.39 is 0 Å². The van der Waals surface area contributed by atoms with Crippen LogP contribution in [-0.2, 0) is 4.43 Å². The van der Waals surface area contributed by atoms with Crippen molar-refractivity contribution >= 4 is 10.5 Å². The molecule has 14 heavy (non-hydrogen) atoms. The molecule has 0 aliphatic carbocycles. The smallest absolute Gasteiger partial charge is 0.145 e. The molecule has 2 nitrogen and oxygen atoms in total. The van der Waals surface area contributed by atoms with Gasteiger partial charge in [0.2, 0.25) is 0 Å². The van der Waals surface area contributed by atoms with Crippen molar-refractivity contribution in [2.75, 3.05) is 20.2 Å². The van der Waals surface area contributed by atoms with Gasteiger partial charge in [-0.15, -0.1) is 0 Å². The molecular weight excluding hydrogens is 190 g/mol. The molecule has 0 aromatic rings. The predicted molar refractivity (Wildman–Crippen MR) is 66.7 cm³/mol. The van der Waals surface area contributed by atoms with Crippen molar-refractivity contribution in [2.24, 2.45) is 5.41 Å². The summed E-state index contributed by atoms with van der Waals surface area (Å²) < 4.78 is 5.47. The monoisotopic (exact) mass is 217 g/mol. The van der Waals surface area contributed by atoms with E-state index in [9.17, 15) is 0 Å². The highest BCUT2D eigenvalue weighted by Crippen LogP contribution is 2.32. The molecule has 0 radical (unpaired) electrons. The molecule has 1 N–H and O–H groups in total. The minimum atomic E-state index is 0.468. The molecule has 0 saturated carbocycles. The Labute approximate surface area is 92.3 Å². The van der Waals surface area contributed by atoms with Crippen LogP contribution < -0.4 is 5.32 Å². The molecule has 0 heterocycles. The average molecular weight is 217 g/mol. The molecule has 0 aromatic carbocycles. The van der Waals surface area contributed by atoms with Crippen molar-refractivity contribution in [3.8, 4) is 0 Å². The number of hydrogen-bond acceptors (Lipinski definition) is 2. The summed E-state index contributed by atoms with van der Waals surface area (Å²) in [7, 11) is 2.90. The van der Waals surface area contributed by atoms with Crippen LogP contribution in [0.4, 0.5) is 0 Å². The first-order chi connectivity index (χ1) is 6.74. The van der Waals surface area contributed by atoms with Crippen LogP contribution in [0.15, 0.2) is 0 Å². The zero-order valence-electron chi connectivity index (χ0n) is 10.4. The van der Waals surface area contributed by atoms with Crippen LogP contribution in [0.25, 0.3) is 0 Å². The molecule has 0 unspecified atom stereocenters. The topological polar surface area (TPSA) is 21.3 Å². The minimum absolute atomic E-state index is 0.468.